The maximum Gasteiger partial charge on any atom is 0.223 e. The summed E-state index contributed by atoms with van der Waals surface area (Å²) in [6.45, 7) is 2.20. The zero-order chi connectivity index (χ0) is 24.5. The molecule has 0 fully saturated rings. The highest BCUT2D eigenvalue weighted by molar-refractivity contribution is 6.03. The van der Waals surface area contributed by atoms with Crippen LogP contribution in [0.5, 0.6) is 0 Å². The van der Waals surface area contributed by atoms with Crippen LogP contribution in [0, 0.1) is 12.1 Å². The Hall–Kier alpha value is -4.17. The molecule has 7 rings (SSSR count). The lowest BCUT2D eigenvalue weighted by Crippen LogP contribution is -2.25. The minimum atomic E-state index is 0.718. The molecule has 0 unspecified atom stereocenters. The monoisotopic (exact) mass is 467 g/mol. The van der Waals surface area contributed by atoms with Gasteiger partial charge in [0, 0.05) is 17.5 Å². The Bertz CT molecular complexity index is 1640. The molecular formula is C34H29NO. The smallest absolute Gasteiger partial charge is 0.223 e. The number of para-hydroxylation sites is 1. The summed E-state index contributed by atoms with van der Waals surface area (Å²) in [5, 5.41) is 14.9. The van der Waals surface area contributed by atoms with Crippen LogP contribution >= 0.6 is 0 Å². The molecule has 0 aliphatic heterocycles. The van der Waals surface area contributed by atoms with Crippen LogP contribution in [0.4, 0.5) is 0 Å². The number of pyridine rings is 1. The number of hydrogen-bond acceptors (Lipinski definition) is 1. The van der Waals surface area contributed by atoms with Gasteiger partial charge in [-0.05, 0) is 88.9 Å². The molecule has 0 amide bonds. The lowest BCUT2D eigenvalue weighted by atomic mass is 9.78. The fraction of sp³-hybridized carbons (Fsp3) is 0.147. The van der Waals surface area contributed by atoms with E-state index < -0.39 is 0 Å². The number of benzene rings is 4. The fourth-order valence-electron chi connectivity index (χ4n) is 5.71. The molecule has 0 bridgehead atoms. The maximum atomic E-state index is 11.1. The largest absolute Gasteiger partial charge is 0.618 e. The van der Waals surface area contributed by atoms with Crippen LogP contribution in [0.1, 0.15) is 36.0 Å². The molecule has 0 spiro atoms. The van der Waals surface area contributed by atoms with Crippen LogP contribution in [-0.2, 0) is 6.42 Å². The molecule has 1 heterocycles. The van der Waals surface area contributed by atoms with E-state index in [1.165, 1.54) is 70.5 Å². The minimum absolute atomic E-state index is 0.718. The van der Waals surface area contributed by atoms with Crippen LogP contribution in [-0.4, -0.2) is 0 Å². The summed E-state index contributed by atoms with van der Waals surface area (Å²) in [6, 6.07) is 31.4. The summed E-state index contributed by atoms with van der Waals surface area (Å²) in [5.74, 6) is 0. The quantitative estimate of drug-likeness (QED) is 0.180. The van der Waals surface area contributed by atoms with E-state index in [0.29, 0.717) is 0 Å². The topological polar surface area (TPSA) is 26.9 Å². The molecule has 0 radical (unpaired) electrons. The first-order valence-corrected chi connectivity index (χ1v) is 12.8. The number of aromatic nitrogens is 1. The van der Waals surface area contributed by atoms with Crippen molar-refractivity contribution in [3.63, 3.8) is 0 Å². The van der Waals surface area contributed by atoms with Crippen LogP contribution in [0.25, 0.3) is 38.4 Å². The minimum Gasteiger partial charge on any atom is -0.618 e. The molecule has 36 heavy (non-hydrogen) atoms. The molecule has 0 saturated heterocycles. The van der Waals surface area contributed by atoms with Crippen molar-refractivity contribution in [2.45, 2.75) is 32.6 Å². The SMILES string of the molecule is Cc1cc(-c2ccccc2)c2c3c(ccc2c1)C1=C(CCC=C1)CC3.[O-][n+]1cccc2ccccc21. The van der Waals surface area contributed by atoms with Crippen LogP contribution in [0.15, 0.2) is 115 Å². The molecule has 1 aromatic heterocycles. The third-order valence-corrected chi connectivity index (χ3v) is 7.37. The van der Waals surface area contributed by atoms with Crippen molar-refractivity contribution >= 4 is 27.2 Å². The summed E-state index contributed by atoms with van der Waals surface area (Å²) < 4.78 is 0.870. The van der Waals surface area contributed by atoms with Gasteiger partial charge in [-0.3, -0.25) is 0 Å². The second kappa shape index (κ2) is 9.47. The molecule has 0 atom stereocenters. The Kier molecular flexibility index (Phi) is 5.87. The number of hydrogen-bond donors (Lipinski definition) is 0. The number of rotatable bonds is 1. The molecule has 4 aromatic carbocycles. The highest BCUT2D eigenvalue weighted by Crippen LogP contribution is 2.42. The summed E-state index contributed by atoms with van der Waals surface area (Å²) in [7, 11) is 0. The standard InChI is InChI=1S/C25H22.C9H7NO/c1-17-15-20-12-13-22-21-10-6-5-9-19(21)11-14-23(22)25(20)24(16-17)18-7-3-2-4-8-18;11-10-7-3-5-8-4-1-2-6-9(8)10/h2-4,6-8,10,12-13,15-16H,5,9,11,14H2,1H3;1-7H. The van der Waals surface area contributed by atoms with Crippen molar-refractivity contribution in [2.24, 2.45) is 0 Å². The second-order valence-electron chi connectivity index (χ2n) is 9.72. The van der Waals surface area contributed by atoms with E-state index in [1.54, 1.807) is 17.2 Å². The van der Waals surface area contributed by atoms with Gasteiger partial charge in [0.2, 0.25) is 5.52 Å². The van der Waals surface area contributed by atoms with Gasteiger partial charge >= 0.3 is 0 Å². The summed E-state index contributed by atoms with van der Waals surface area (Å²) in [4.78, 5) is 0. The Balaban J connectivity index is 0.000000183. The Morgan fingerprint density at radius 1 is 0.722 bits per heavy atom. The van der Waals surface area contributed by atoms with Crippen LogP contribution in [0.2, 0.25) is 0 Å². The fourth-order valence-corrected chi connectivity index (χ4v) is 5.71. The molecule has 2 heteroatoms. The zero-order valence-corrected chi connectivity index (χ0v) is 20.6. The molecule has 176 valence electrons. The molecule has 2 aliphatic carbocycles. The van der Waals surface area contributed by atoms with Crippen LogP contribution in [0.3, 0.4) is 0 Å². The predicted octanol–water partition coefficient (Wildman–Crippen LogP) is 8.34. The maximum absolute atomic E-state index is 11.1. The average Bonchev–Trinajstić information content (AvgIpc) is 2.93. The Morgan fingerprint density at radius 2 is 1.53 bits per heavy atom. The zero-order valence-electron chi connectivity index (χ0n) is 20.6. The molecule has 0 N–H and O–H groups in total. The third kappa shape index (κ3) is 4.09. The summed E-state index contributed by atoms with van der Waals surface area (Å²) >= 11 is 0. The average molecular weight is 468 g/mol. The number of nitrogens with zero attached hydrogens (tertiary/aromatic N) is 1. The Morgan fingerprint density at radius 3 is 2.39 bits per heavy atom. The molecule has 2 aliphatic rings. The van der Waals surface area contributed by atoms with E-state index in [1.807, 2.05) is 30.3 Å². The van der Waals surface area contributed by atoms with Gasteiger partial charge in [-0.15, -0.1) is 0 Å². The molecule has 5 aromatic rings. The number of aryl methyl sites for hydroxylation is 2. The van der Waals surface area contributed by atoms with Gasteiger partial charge in [0.15, 0.2) is 6.20 Å². The number of allylic oxidation sites excluding steroid dienone is 4. The van der Waals surface area contributed by atoms with E-state index in [9.17, 15) is 5.21 Å². The predicted molar refractivity (Wildman–Crippen MR) is 151 cm³/mol. The van der Waals surface area contributed by atoms with Crippen molar-refractivity contribution < 1.29 is 4.73 Å². The lowest BCUT2D eigenvalue weighted by molar-refractivity contribution is -0.577. The second-order valence-corrected chi connectivity index (χ2v) is 9.72. The lowest BCUT2D eigenvalue weighted by Gasteiger charge is -2.26. The molecular weight excluding hydrogens is 438 g/mol. The van der Waals surface area contributed by atoms with E-state index in [2.05, 4.69) is 73.7 Å². The first kappa shape index (κ1) is 22.3. The van der Waals surface area contributed by atoms with Crippen molar-refractivity contribution in [2.75, 3.05) is 0 Å². The first-order valence-electron chi connectivity index (χ1n) is 12.8. The van der Waals surface area contributed by atoms with Crippen molar-refractivity contribution in [1.29, 1.82) is 0 Å². The highest BCUT2D eigenvalue weighted by Gasteiger charge is 2.22. The van der Waals surface area contributed by atoms with Gasteiger partial charge in [-0.2, -0.15) is 4.73 Å². The molecule has 0 saturated carbocycles. The van der Waals surface area contributed by atoms with Crippen molar-refractivity contribution in [1.82, 2.24) is 0 Å². The van der Waals surface area contributed by atoms with Gasteiger partial charge in [0.05, 0.1) is 0 Å². The van der Waals surface area contributed by atoms with E-state index in [0.717, 1.165) is 15.6 Å². The summed E-state index contributed by atoms with van der Waals surface area (Å²) in [5.41, 5.74) is 10.9. The van der Waals surface area contributed by atoms with Gasteiger partial charge < -0.3 is 5.21 Å². The van der Waals surface area contributed by atoms with Gasteiger partial charge in [0.1, 0.15) is 0 Å². The van der Waals surface area contributed by atoms with E-state index in [-0.39, 0.29) is 0 Å². The van der Waals surface area contributed by atoms with E-state index >= 15 is 0 Å². The summed E-state index contributed by atoms with van der Waals surface area (Å²) in [6.07, 6.45) is 11.0. The van der Waals surface area contributed by atoms with Gasteiger partial charge in [-0.1, -0.05) is 84.5 Å². The highest BCUT2D eigenvalue weighted by atomic mass is 16.5. The third-order valence-electron chi connectivity index (χ3n) is 7.37. The van der Waals surface area contributed by atoms with Crippen molar-refractivity contribution in [3.8, 4) is 11.1 Å². The first-order chi connectivity index (χ1) is 17.7. The van der Waals surface area contributed by atoms with Crippen molar-refractivity contribution in [3.05, 3.63) is 137 Å². The van der Waals surface area contributed by atoms with E-state index in [4.69, 9.17) is 0 Å². The van der Waals surface area contributed by atoms with Crippen LogP contribution < -0.4 is 4.73 Å². The Labute approximate surface area is 212 Å². The van der Waals surface area contributed by atoms with Gasteiger partial charge in [-0.25, -0.2) is 0 Å². The van der Waals surface area contributed by atoms with Gasteiger partial charge in [0.25, 0.3) is 0 Å². The molecule has 2 nitrogen and oxygen atoms in total. The normalized spacial score (nSPS) is 14.2. The number of fused-ring (bicyclic) bond motifs is 5.